The molecule has 1 aromatic rings. The van der Waals surface area contributed by atoms with Crippen LogP contribution in [0.1, 0.15) is 11.1 Å². The van der Waals surface area contributed by atoms with Gasteiger partial charge in [0.1, 0.15) is 0 Å². The molecule has 0 aromatic heterocycles. The zero-order valence-corrected chi connectivity index (χ0v) is 9.96. The van der Waals surface area contributed by atoms with Gasteiger partial charge in [-0.3, -0.25) is 4.90 Å². The molecule has 0 bridgehead atoms. The lowest BCUT2D eigenvalue weighted by atomic mass is 10.1. The average Bonchev–Trinajstić information content (AvgIpc) is 2.29. The molecule has 98 valence electrons. The summed E-state index contributed by atoms with van der Waals surface area (Å²) in [5.41, 5.74) is -0.133. The van der Waals surface area contributed by atoms with Crippen molar-refractivity contribution in [3.05, 3.63) is 35.4 Å². The van der Waals surface area contributed by atoms with Gasteiger partial charge in [-0.25, -0.2) is 0 Å². The molecule has 18 heavy (non-hydrogen) atoms. The van der Waals surface area contributed by atoms with Gasteiger partial charge in [0.15, 0.2) is 0 Å². The van der Waals surface area contributed by atoms with E-state index in [1.807, 2.05) is 4.90 Å². The standard InChI is InChI=1S/C13H14F3NO/c1-17(9-10-18)8-2-3-11-4-6-12(7-5-11)13(14,15)16/h4-7,18H,8-10H2,1H3. The molecule has 0 saturated carbocycles. The Morgan fingerprint density at radius 3 is 2.33 bits per heavy atom. The summed E-state index contributed by atoms with van der Waals surface area (Å²) >= 11 is 0. The Balaban J connectivity index is 2.62. The van der Waals surface area contributed by atoms with Crippen LogP contribution in [0.15, 0.2) is 24.3 Å². The fourth-order valence-electron chi connectivity index (χ4n) is 1.27. The van der Waals surface area contributed by atoms with Crippen molar-refractivity contribution in [3.63, 3.8) is 0 Å². The quantitative estimate of drug-likeness (QED) is 0.837. The van der Waals surface area contributed by atoms with Gasteiger partial charge in [-0.1, -0.05) is 11.8 Å². The Morgan fingerprint density at radius 1 is 1.22 bits per heavy atom. The summed E-state index contributed by atoms with van der Waals surface area (Å²) in [5.74, 6) is 5.60. The summed E-state index contributed by atoms with van der Waals surface area (Å²) in [5, 5.41) is 8.66. The van der Waals surface area contributed by atoms with Crippen LogP contribution < -0.4 is 0 Å². The zero-order chi connectivity index (χ0) is 13.6. The minimum Gasteiger partial charge on any atom is -0.395 e. The van der Waals surface area contributed by atoms with E-state index < -0.39 is 11.7 Å². The first kappa shape index (κ1) is 14.6. The third kappa shape index (κ3) is 4.78. The monoisotopic (exact) mass is 257 g/mol. The van der Waals surface area contributed by atoms with Crippen LogP contribution >= 0.6 is 0 Å². The number of aliphatic hydroxyl groups excluding tert-OH is 1. The Labute approximate surface area is 104 Å². The lowest BCUT2D eigenvalue weighted by Crippen LogP contribution is -2.22. The van der Waals surface area contributed by atoms with Crippen molar-refractivity contribution in [2.45, 2.75) is 6.18 Å². The van der Waals surface area contributed by atoms with Gasteiger partial charge in [-0.15, -0.1) is 0 Å². The fourth-order valence-corrected chi connectivity index (χ4v) is 1.27. The minimum absolute atomic E-state index is 0.0540. The van der Waals surface area contributed by atoms with Gasteiger partial charge in [-0.2, -0.15) is 13.2 Å². The fraction of sp³-hybridized carbons (Fsp3) is 0.385. The number of alkyl halides is 3. The molecule has 0 aliphatic rings. The Hall–Kier alpha value is -1.51. The van der Waals surface area contributed by atoms with Gasteiger partial charge < -0.3 is 5.11 Å². The summed E-state index contributed by atoms with van der Waals surface area (Å²) in [7, 11) is 1.80. The lowest BCUT2D eigenvalue weighted by molar-refractivity contribution is -0.137. The van der Waals surface area contributed by atoms with E-state index >= 15 is 0 Å². The van der Waals surface area contributed by atoms with E-state index in [1.54, 1.807) is 7.05 Å². The number of likely N-dealkylation sites (N-methyl/N-ethyl adjacent to an activating group) is 1. The molecule has 0 aliphatic heterocycles. The van der Waals surface area contributed by atoms with E-state index in [0.29, 0.717) is 18.7 Å². The number of rotatable bonds is 3. The number of benzene rings is 1. The van der Waals surface area contributed by atoms with Gasteiger partial charge in [0.25, 0.3) is 0 Å². The molecule has 0 spiro atoms. The first-order chi connectivity index (χ1) is 8.43. The summed E-state index contributed by atoms with van der Waals surface area (Å²) in [6.07, 6.45) is -4.31. The molecule has 2 nitrogen and oxygen atoms in total. The van der Waals surface area contributed by atoms with Crippen molar-refractivity contribution in [2.24, 2.45) is 0 Å². The van der Waals surface area contributed by atoms with Crippen molar-refractivity contribution in [1.29, 1.82) is 0 Å². The van der Waals surface area contributed by atoms with Crippen molar-refractivity contribution >= 4 is 0 Å². The third-order valence-corrected chi connectivity index (χ3v) is 2.28. The maximum absolute atomic E-state index is 12.3. The number of nitrogens with zero attached hydrogens (tertiary/aromatic N) is 1. The number of halogens is 3. The van der Waals surface area contributed by atoms with Gasteiger partial charge in [-0.05, 0) is 31.3 Å². The van der Waals surface area contributed by atoms with Crippen molar-refractivity contribution in [3.8, 4) is 11.8 Å². The van der Waals surface area contributed by atoms with Gasteiger partial charge in [0, 0.05) is 12.1 Å². The van der Waals surface area contributed by atoms with Crippen LogP contribution in [0.3, 0.4) is 0 Å². The molecule has 0 aliphatic carbocycles. The summed E-state index contributed by atoms with van der Waals surface area (Å²) in [4.78, 5) is 1.82. The molecule has 1 rings (SSSR count). The number of aliphatic hydroxyl groups is 1. The topological polar surface area (TPSA) is 23.5 Å². The first-order valence-corrected chi connectivity index (χ1v) is 5.39. The van der Waals surface area contributed by atoms with Crippen LogP contribution in [0.25, 0.3) is 0 Å². The Kier molecular flexibility index (Phi) is 5.20. The maximum Gasteiger partial charge on any atom is 0.416 e. The van der Waals surface area contributed by atoms with Crippen LogP contribution in [0.4, 0.5) is 13.2 Å². The highest BCUT2D eigenvalue weighted by Crippen LogP contribution is 2.28. The van der Waals surface area contributed by atoms with Crippen LogP contribution in [-0.4, -0.2) is 36.8 Å². The first-order valence-electron chi connectivity index (χ1n) is 5.39. The molecule has 5 heteroatoms. The van der Waals surface area contributed by atoms with Crippen LogP contribution in [-0.2, 0) is 6.18 Å². The largest absolute Gasteiger partial charge is 0.416 e. The van der Waals surface area contributed by atoms with Crippen molar-refractivity contribution in [2.75, 3.05) is 26.7 Å². The second kappa shape index (κ2) is 6.43. The average molecular weight is 257 g/mol. The van der Waals surface area contributed by atoms with Crippen LogP contribution in [0.2, 0.25) is 0 Å². The molecule has 0 saturated heterocycles. The van der Waals surface area contributed by atoms with Crippen LogP contribution in [0.5, 0.6) is 0 Å². The third-order valence-electron chi connectivity index (χ3n) is 2.28. The Bertz CT molecular complexity index is 428. The molecular weight excluding hydrogens is 243 g/mol. The zero-order valence-electron chi connectivity index (χ0n) is 9.96. The maximum atomic E-state index is 12.3. The highest BCUT2D eigenvalue weighted by molar-refractivity contribution is 5.37. The number of hydrogen-bond acceptors (Lipinski definition) is 2. The minimum atomic E-state index is -4.31. The Morgan fingerprint density at radius 2 is 1.83 bits per heavy atom. The number of hydrogen-bond donors (Lipinski definition) is 1. The molecule has 0 fully saturated rings. The summed E-state index contributed by atoms with van der Waals surface area (Å²) in [6, 6.07) is 4.73. The molecule has 0 amide bonds. The molecule has 0 radical (unpaired) electrons. The molecule has 0 atom stereocenters. The molecule has 1 N–H and O–H groups in total. The molecular formula is C13H14F3NO. The van der Waals surface area contributed by atoms with Gasteiger partial charge in [0.2, 0.25) is 0 Å². The SMILES string of the molecule is CN(CC#Cc1ccc(C(F)(F)F)cc1)CCO. The second-order valence-electron chi connectivity index (χ2n) is 3.84. The van der Waals surface area contributed by atoms with E-state index in [-0.39, 0.29) is 6.61 Å². The van der Waals surface area contributed by atoms with E-state index in [2.05, 4.69) is 11.8 Å². The normalized spacial score (nSPS) is 11.2. The van der Waals surface area contributed by atoms with Crippen molar-refractivity contribution in [1.82, 2.24) is 4.90 Å². The molecule has 1 aromatic carbocycles. The second-order valence-corrected chi connectivity index (χ2v) is 3.84. The highest BCUT2D eigenvalue weighted by atomic mass is 19.4. The smallest absolute Gasteiger partial charge is 0.395 e. The van der Waals surface area contributed by atoms with E-state index in [9.17, 15) is 13.2 Å². The molecule has 0 heterocycles. The van der Waals surface area contributed by atoms with E-state index in [1.165, 1.54) is 12.1 Å². The van der Waals surface area contributed by atoms with Crippen LogP contribution in [0, 0.1) is 11.8 Å². The van der Waals surface area contributed by atoms with Gasteiger partial charge >= 0.3 is 6.18 Å². The van der Waals surface area contributed by atoms with E-state index in [4.69, 9.17) is 5.11 Å². The summed E-state index contributed by atoms with van der Waals surface area (Å²) in [6.45, 7) is 1.03. The van der Waals surface area contributed by atoms with E-state index in [0.717, 1.165) is 12.1 Å². The highest BCUT2D eigenvalue weighted by Gasteiger charge is 2.29. The predicted octanol–water partition coefficient (Wildman–Crippen LogP) is 1.98. The predicted molar refractivity (Wildman–Crippen MR) is 62.9 cm³/mol. The molecule has 0 unspecified atom stereocenters. The summed E-state index contributed by atoms with van der Waals surface area (Å²) < 4.78 is 36.9. The van der Waals surface area contributed by atoms with Crippen molar-refractivity contribution < 1.29 is 18.3 Å². The lowest BCUT2D eigenvalue weighted by Gasteiger charge is -2.09. The van der Waals surface area contributed by atoms with Gasteiger partial charge in [0.05, 0.1) is 18.7 Å².